The van der Waals surface area contributed by atoms with Crippen molar-refractivity contribution in [2.24, 2.45) is 12.8 Å². The molecule has 0 saturated heterocycles. The summed E-state index contributed by atoms with van der Waals surface area (Å²) in [6.07, 6.45) is 4.27. The van der Waals surface area contributed by atoms with Gasteiger partial charge in [0.15, 0.2) is 0 Å². The number of hydrogen-bond donors (Lipinski definition) is 1. The van der Waals surface area contributed by atoms with Crippen LogP contribution in [0.1, 0.15) is 12.0 Å². The van der Waals surface area contributed by atoms with E-state index in [9.17, 15) is 4.79 Å². The molecule has 106 valence electrons. The van der Waals surface area contributed by atoms with Gasteiger partial charge in [0.1, 0.15) is 10.7 Å². The standard InChI is InChI=1S/C14H17N3O2S/c1-16-7-8-17(14(16)18)6-3-9-19-12-5-2-4-11(10-12)13(15)20/h2,4-5,7-8,10H,3,6,9H2,1H3,(H2,15,20). The number of aromatic nitrogens is 2. The molecule has 1 aromatic heterocycles. The number of imidazole rings is 1. The van der Waals surface area contributed by atoms with Crippen LogP contribution in [-0.4, -0.2) is 20.7 Å². The van der Waals surface area contributed by atoms with E-state index in [-0.39, 0.29) is 5.69 Å². The van der Waals surface area contributed by atoms with Crippen LogP contribution < -0.4 is 16.2 Å². The van der Waals surface area contributed by atoms with E-state index in [0.29, 0.717) is 18.1 Å². The summed E-state index contributed by atoms with van der Waals surface area (Å²) in [6, 6.07) is 7.37. The minimum atomic E-state index is -0.0134. The minimum absolute atomic E-state index is 0.0134. The Morgan fingerprint density at radius 2 is 2.20 bits per heavy atom. The van der Waals surface area contributed by atoms with Gasteiger partial charge in [-0.3, -0.25) is 4.57 Å². The molecule has 1 heterocycles. The lowest BCUT2D eigenvalue weighted by Crippen LogP contribution is -2.22. The summed E-state index contributed by atoms with van der Waals surface area (Å²) >= 11 is 4.92. The largest absolute Gasteiger partial charge is 0.494 e. The molecule has 0 spiro atoms. The van der Waals surface area contributed by atoms with Gasteiger partial charge in [0.05, 0.1) is 6.61 Å². The molecule has 0 saturated carbocycles. The van der Waals surface area contributed by atoms with Gasteiger partial charge >= 0.3 is 5.69 Å². The first kappa shape index (κ1) is 14.3. The number of rotatable bonds is 6. The van der Waals surface area contributed by atoms with Gasteiger partial charge in [-0.1, -0.05) is 24.4 Å². The minimum Gasteiger partial charge on any atom is -0.494 e. The van der Waals surface area contributed by atoms with Crippen molar-refractivity contribution in [3.05, 3.63) is 52.7 Å². The molecule has 0 aliphatic carbocycles. The molecule has 6 heteroatoms. The van der Waals surface area contributed by atoms with Crippen molar-refractivity contribution in [2.45, 2.75) is 13.0 Å². The van der Waals surface area contributed by atoms with Crippen LogP contribution in [-0.2, 0) is 13.6 Å². The maximum atomic E-state index is 11.6. The van der Waals surface area contributed by atoms with Crippen molar-refractivity contribution in [1.82, 2.24) is 9.13 Å². The molecule has 0 aliphatic rings. The van der Waals surface area contributed by atoms with Crippen LogP contribution in [0.2, 0.25) is 0 Å². The third kappa shape index (κ3) is 3.48. The summed E-state index contributed by atoms with van der Waals surface area (Å²) < 4.78 is 8.84. The predicted molar refractivity (Wildman–Crippen MR) is 82.1 cm³/mol. The summed E-state index contributed by atoms with van der Waals surface area (Å²) in [7, 11) is 1.73. The molecule has 2 aromatic rings. The number of nitrogens with two attached hydrogens (primary N) is 1. The van der Waals surface area contributed by atoms with E-state index in [1.54, 1.807) is 28.6 Å². The highest BCUT2D eigenvalue weighted by molar-refractivity contribution is 7.80. The second-order valence-electron chi connectivity index (χ2n) is 4.48. The predicted octanol–water partition coefficient (Wildman–Crippen LogP) is 1.29. The maximum absolute atomic E-state index is 11.6. The van der Waals surface area contributed by atoms with E-state index in [0.717, 1.165) is 17.7 Å². The Morgan fingerprint density at radius 3 is 2.85 bits per heavy atom. The van der Waals surface area contributed by atoms with Crippen LogP contribution in [0, 0.1) is 0 Å². The molecular weight excluding hydrogens is 274 g/mol. The van der Waals surface area contributed by atoms with E-state index in [4.69, 9.17) is 22.7 Å². The number of thiocarbonyl (C=S) groups is 1. The molecule has 0 radical (unpaired) electrons. The van der Waals surface area contributed by atoms with Crippen LogP contribution in [0.3, 0.4) is 0 Å². The summed E-state index contributed by atoms with van der Waals surface area (Å²) in [5.74, 6) is 0.732. The van der Waals surface area contributed by atoms with E-state index in [2.05, 4.69) is 0 Å². The summed E-state index contributed by atoms with van der Waals surface area (Å²) in [4.78, 5) is 12.0. The lowest BCUT2D eigenvalue weighted by molar-refractivity contribution is 0.301. The molecule has 0 amide bonds. The zero-order valence-corrected chi connectivity index (χ0v) is 12.1. The quantitative estimate of drug-likeness (QED) is 0.643. The lowest BCUT2D eigenvalue weighted by Gasteiger charge is -2.07. The molecule has 0 fully saturated rings. The van der Waals surface area contributed by atoms with Gasteiger partial charge in [0.2, 0.25) is 0 Å². The van der Waals surface area contributed by atoms with Crippen molar-refractivity contribution in [1.29, 1.82) is 0 Å². The fourth-order valence-corrected chi connectivity index (χ4v) is 1.97. The summed E-state index contributed by atoms with van der Waals surface area (Å²) in [5.41, 5.74) is 6.34. The Hall–Kier alpha value is -2.08. The van der Waals surface area contributed by atoms with Gasteiger partial charge < -0.3 is 15.0 Å². The molecule has 0 unspecified atom stereocenters. The number of aryl methyl sites for hydroxylation is 2. The first-order valence-corrected chi connectivity index (χ1v) is 6.73. The van der Waals surface area contributed by atoms with Gasteiger partial charge in [-0.15, -0.1) is 0 Å². The Morgan fingerprint density at radius 1 is 1.40 bits per heavy atom. The zero-order valence-electron chi connectivity index (χ0n) is 11.3. The molecule has 20 heavy (non-hydrogen) atoms. The van der Waals surface area contributed by atoms with E-state index >= 15 is 0 Å². The maximum Gasteiger partial charge on any atom is 0.327 e. The SMILES string of the molecule is Cn1ccn(CCCOc2cccc(C(N)=S)c2)c1=O. The highest BCUT2D eigenvalue weighted by atomic mass is 32.1. The number of nitrogens with zero attached hydrogens (tertiary/aromatic N) is 2. The van der Waals surface area contributed by atoms with Crippen LogP contribution >= 0.6 is 12.2 Å². The Bertz CT molecular complexity index is 660. The molecule has 0 aliphatic heterocycles. The number of ether oxygens (including phenoxy) is 1. The zero-order chi connectivity index (χ0) is 14.5. The number of hydrogen-bond acceptors (Lipinski definition) is 3. The molecule has 2 rings (SSSR count). The monoisotopic (exact) mass is 291 g/mol. The topological polar surface area (TPSA) is 62.2 Å². The molecule has 0 bridgehead atoms. The normalized spacial score (nSPS) is 10.4. The first-order chi connectivity index (χ1) is 9.58. The van der Waals surface area contributed by atoms with Crippen LogP contribution in [0.25, 0.3) is 0 Å². The number of benzene rings is 1. The van der Waals surface area contributed by atoms with Crippen LogP contribution in [0.4, 0.5) is 0 Å². The molecular formula is C14H17N3O2S. The average Bonchev–Trinajstić information content (AvgIpc) is 2.75. The molecule has 0 atom stereocenters. The van der Waals surface area contributed by atoms with Crippen molar-refractivity contribution in [3.63, 3.8) is 0 Å². The third-order valence-corrected chi connectivity index (χ3v) is 3.18. The van der Waals surface area contributed by atoms with Gasteiger partial charge in [-0.25, -0.2) is 4.79 Å². The van der Waals surface area contributed by atoms with E-state index in [1.807, 2.05) is 24.3 Å². The van der Waals surface area contributed by atoms with Gasteiger partial charge in [-0.05, 0) is 18.6 Å². The first-order valence-electron chi connectivity index (χ1n) is 6.32. The van der Waals surface area contributed by atoms with Gasteiger partial charge in [0.25, 0.3) is 0 Å². The Balaban J connectivity index is 1.84. The molecule has 2 N–H and O–H groups in total. The summed E-state index contributed by atoms with van der Waals surface area (Å²) in [5, 5.41) is 0. The van der Waals surface area contributed by atoms with E-state index < -0.39 is 0 Å². The van der Waals surface area contributed by atoms with Crippen molar-refractivity contribution in [2.75, 3.05) is 6.61 Å². The lowest BCUT2D eigenvalue weighted by atomic mass is 10.2. The van der Waals surface area contributed by atoms with Crippen molar-refractivity contribution < 1.29 is 4.74 Å². The van der Waals surface area contributed by atoms with Crippen molar-refractivity contribution >= 4 is 17.2 Å². The highest BCUT2D eigenvalue weighted by Gasteiger charge is 2.01. The van der Waals surface area contributed by atoms with E-state index in [1.165, 1.54) is 0 Å². The highest BCUT2D eigenvalue weighted by Crippen LogP contribution is 2.13. The average molecular weight is 291 g/mol. The van der Waals surface area contributed by atoms with Crippen molar-refractivity contribution in [3.8, 4) is 5.75 Å². The molecule has 5 nitrogen and oxygen atoms in total. The van der Waals surface area contributed by atoms with Crippen LogP contribution in [0.15, 0.2) is 41.5 Å². The van der Waals surface area contributed by atoms with Gasteiger partial charge in [0, 0.05) is 31.5 Å². The summed E-state index contributed by atoms with van der Waals surface area (Å²) in [6.45, 7) is 1.16. The smallest absolute Gasteiger partial charge is 0.327 e. The second kappa shape index (κ2) is 6.38. The Labute approximate surface area is 122 Å². The Kier molecular flexibility index (Phi) is 4.57. The fourth-order valence-electron chi connectivity index (χ4n) is 1.84. The second-order valence-corrected chi connectivity index (χ2v) is 4.92. The third-order valence-electron chi connectivity index (χ3n) is 2.95. The van der Waals surface area contributed by atoms with Crippen LogP contribution in [0.5, 0.6) is 5.75 Å². The van der Waals surface area contributed by atoms with Gasteiger partial charge in [-0.2, -0.15) is 0 Å². The molecule has 1 aromatic carbocycles. The fraction of sp³-hybridized carbons (Fsp3) is 0.286.